The van der Waals surface area contributed by atoms with Crippen LogP contribution in [0.25, 0.3) is 0 Å². The van der Waals surface area contributed by atoms with Gasteiger partial charge in [0, 0.05) is 26.7 Å². The number of ether oxygens (including phenoxy) is 1. The van der Waals surface area contributed by atoms with E-state index < -0.39 is 10.0 Å². The van der Waals surface area contributed by atoms with Gasteiger partial charge in [0.1, 0.15) is 4.90 Å². The molecule has 0 aliphatic carbocycles. The highest BCUT2D eigenvalue weighted by Crippen LogP contribution is 2.15. The van der Waals surface area contributed by atoms with Gasteiger partial charge in [-0.3, -0.25) is 5.10 Å². The van der Waals surface area contributed by atoms with Crippen molar-refractivity contribution in [1.29, 1.82) is 0 Å². The van der Waals surface area contributed by atoms with E-state index in [1.807, 2.05) is 11.9 Å². The van der Waals surface area contributed by atoms with Crippen LogP contribution >= 0.6 is 0 Å². The summed E-state index contributed by atoms with van der Waals surface area (Å²) in [5.74, 6) is 0. The number of hydrogen-bond donors (Lipinski definition) is 2. The Hall–Kier alpha value is -0.960. The highest BCUT2D eigenvalue weighted by molar-refractivity contribution is 7.89. The molecule has 0 fully saturated rings. The summed E-state index contributed by atoms with van der Waals surface area (Å²) in [6.07, 6.45) is 0. The van der Waals surface area contributed by atoms with Crippen molar-refractivity contribution in [3.63, 3.8) is 0 Å². The Balaban J connectivity index is 2.53. The number of sulfonamides is 1. The lowest BCUT2D eigenvalue weighted by molar-refractivity contribution is 0.162. The van der Waals surface area contributed by atoms with Crippen LogP contribution in [0, 0.1) is 13.8 Å². The first-order valence-electron chi connectivity index (χ1n) is 6.07. The molecule has 1 aromatic rings. The second kappa shape index (κ2) is 6.99. The number of hydrogen-bond acceptors (Lipinski definition) is 5. The maximum atomic E-state index is 12.1. The normalized spacial score (nSPS) is 12.3. The maximum absolute atomic E-state index is 12.1. The first-order chi connectivity index (χ1) is 8.88. The smallest absolute Gasteiger partial charge is 0.244 e. The van der Waals surface area contributed by atoms with Gasteiger partial charge >= 0.3 is 0 Å². The van der Waals surface area contributed by atoms with E-state index in [2.05, 4.69) is 14.9 Å². The van der Waals surface area contributed by atoms with Crippen molar-refractivity contribution in [2.24, 2.45) is 0 Å². The van der Waals surface area contributed by atoms with Gasteiger partial charge in [-0.1, -0.05) is 0 Å². The van der Waals surface area contributed by atoms with Gasteiger partial charge in [-0.05, 0) is 20.9 Å². The third-order valence-corrected chi connectivity index (χ3v) is 4.52. The molecule has 1 rings (SSSR count). The summed E-state index contributed by atoms with van der Waals surface area (Å²) in [5, 5.41) is 6.57. The predicted molar refractivity (Wildman–Crippen MR) is 72.6 cm³/mol. The second-order valence-electron chi connectivity index (χ2n) is 4.46. The van der Waals surface area contributed by atoms with Crippen LogP contribution in [0.4, 0.5) is 0 Å². The summed E-state index contributed by atoms with van der Waals surface area (Å²) < 4.78 is 31.8. The average Bonchev–Trinajstić information content (AvgIpc) is 2.66. The third-order valence-electron chi connectivity index (χ3n) is 2.79. The van der Waals surface area contributed by atoms with Gasteiger partial charge in [0.15, 0.2) is 0 Å². The quantitative estimate of drug-likeness (QED) is 0.697. The van der Waals surface area contributed by atoms with E-state index >= 15 is 0 Å². The van der Waals surface area contributed by atoms with Gasteiger partial charge in [0.05, 0.1) is 18.0 Å². The third kappa shape index (κ3) is 4.57. The van der Waals surface area contributed by atoms with Gasteiger partial charge < -0.3 is 9.64 Å². The molecule has 0 atom stereocenters. The Morgan fingerprint density at radius 2 is 2.05 bits per heavy atom. The molecule has 0 unspecified atom stereocenters. The number of aromatic amines is 1. The zero-order chi connectivity index (χ0) is 14.5. The zero-order valence-corrected chi connectivity index (χ0v) is 12.7. The van der Waals surface area contributed by atoms with Crippen LogP contribution in [0.2, 0.25) is 0 Å². The van der Waals surface area contributed by atoms with E-state index in [0.29, 0.717) is 31.1 Å². The fraction of sp³-hybridized carbons (Fsp3) is 0.727. The van der Waals surface area contributed by atoms with Crippen LogP contribution in [0.15, 0.2) is 4.90 Å². The standard InChI is InChI=1S/C11H22N4O3S/c1-9-11(10(2)14-13-9)19(16,17)12-5-6-15(3)7-8-18-4/h12H,5-8H2,1-4H3,(H,13,14). The van der Waals surface area contributed by atoms with Crippen molar-refractivity contribution in [2.75, 3.05) is 40.4 Å². The van der Waals surface area contributed by atoms with E-state index in [1.54, 1.807) is 21.0 Å². The topological polar surface area (TPSA) is 87.3 Å². The van der Waals surface area contributed by atoms with Gasteiger partial charge in [-0.25, -0.2) is 13.1 Å². The number of aryl methyl sites for hydroxylation is 2. The number of aromatic nitrogens is 2. The number of nitrogens with one attached hydrogen (secondary N) is 2. The molecule has 0 radical (unpaired) electrons. The van der Waals surface area contributed by atoms with Crippen LogP contribution in [-0.4, -0.2) is 63.9 Å². The molecule has 1 heterocycles. The number of H-pyrrole nitrogens is 1. The minimum absolute atomic E-state index is 0.243. The molecular weight excluding hydrogens is 268 g/mol. The van der Waals surface area contributed by atoms with E-state index in [1.165, 1.54) is 0 Å². The number of rotatable bonds is 8. The molecule has 0 aliphatic rings. The molecule has 8 heteroatoms. The van der Waals surface area contributed by atoms with Crippen LogP contribution in [0.1, 0.15) is 11.4 Å². The zero-order valence-electron chi connectivity index (χ0n) is 11.9. The highest BCUT2D eigenvalue weighted by atomic mass is 32.2. The summed E-state index contributed by atoms with van der Waals surface area (Å²) in [4.78, 5) is 2.24. The minimum atomic E-state index is -3.50. The molecule has 0 saturated heterocycles. The van der Waals surface area contributed by atoms with Crippen molar-refractivity contribution < 1.29 is 13.2 Å². The maximum Gasteiger partial charge on any atom is 0.244 e. The number of likely N-dealkylation sites (N-methyl/N-ethyl adjacent to an activating group) is 1. The molecule has 1 aromatic heterocycles. The van der Waals surface area contributed by atoms with Gasteiger partial charge in [-0.15, -0.1) is 0 Å². The Kier molecular flexibility index (Phi) is 5.92. The molecule has 19 heavy (non-hydrogen) atoms. The summed E-state index contributed by atoms with van der Waals surface area (Å²) in [6.45, 7) is 5.73. The highest BCUT2D eigenvalue weighted by Gasteiger charge is 2.21. The summed E-state index contributed by atoms with van der Waals surface area (Å²) in [7, 11) is 0.0621. The van der Waals surface area contributed by atoms with Crippen molar-refractivity contribution in [3.05, 3.63) is 11.4 Å². The van der Waals surface area contributed by atoms with Crippen molar-refractivity contribution in [3.8, 4) is 0 Å². The largest absolute Gasteiger partial charge is 0.383 e. The van der Waals surface area contributed by atoms with Gasteiger partial charge in [0.25, 0.3) is 0 Å². The summed E-state index contributed by atoms with van der Waals surface area (Å²) in [5.41, 5.74) is 1.04. The van der Waals surface area contributed by atoms with Crippen LogP contribution in [-0.2, 0) is 14.8 Å². The van der Waals surface area contributed by atoms with E-state index in [-0.39, 0.29) is 4.90 Å². The molecule has 0 aromatic carbocycles. The molecule has 0 bridgehead atoms. The Labute approximate surface area is 114 Å². The van der Waals surface area contributed by atoms with Crippen LogP contribution in [0.3, 0.4) is 0 Å². The fourth-order valence-corrected chi connectivity index (χ4v) is 3.13. The number of nitrogens with zero attached hydrogens (tertiary/aromatic N) is 2. The molecule has 110 valence electrons. The fourth-order valence-electron chi connectivity index (χ4n) is 1.74. The lowest BCUT2D eigenvalue weighted by Crippen LogP contribution is -2.34. The van der Waals surface area contributed by atoms with Crippen LogP contribution < -0.4 is 4.72 Å². The summed E-state index contributed by atoms with van der Waals surface area (Å²) >= 11 is 0. The lowest BCUT2D eigenvalue weighted by atomic mass is 10.4. The molecular formula is C11H22N4O3S. The predicted octanol–water partition coefficient (Wildman–Crippen LogP) is -0.117. The minimum Gasteiger partial charge on any atom is -0.383 e. The molecule has 0 spiro atoms. The SMILES string of the molecule is COCCN(C)CCNS(=O)(=O)c1c(C)n[nH]c1C. The summed E-state index contributed by atoms with van der Waals surface area (Å²) in [6, 6.07) is 0. The molecule has 2 N–H and O–H groups in total. The lowest BCUT2D eigenvalue weighted by Gasteiger charge is -2.16. The first-order valence-corrected chi connectivity index (χ1v) is 7.55. The van der Waals surface area contributed by atoms with Crippen molar-refractivity contribution in [2.45, 2.75) is 18.7 Å². The van der Waals surface area contributed by atoms with Gasteiger partial charge in [-0.2, -0.15) is 5.10 Å². The first kappa shape index (κ1) is 16.1. The van der Waals surface area contributed by atoms with Crippen molar-refractivity contribution >= 4 is 10.0 Å². The Bertz CT molecular complexity index is 479. The second-order valence-corrected chi connectivity index (χ2v) is 6.16. The number of methoxy groups -OCH3 is 1. The van der Waals surface area contributed by atoms with Gasteiger partial charge in [0.2, 0.25) is 10.0 Å². The molecule has 7 nitrogen and oxygen atoms in total. The van der Waals surface area contributed by atoms with Crippen molar-refractivity contribution in [1.82, 2.24) is 19.8 Å². The van der Waals surface area contributed by atoms with E-state index in [0.717, 1.165) is 6.54 Å². The average molecular weight is 290 g/mol. The Morgan fingerprint density at radius 1 is 1.37 bits per heavy atom. The Morgan fingerprint density at radius 3 is 2.58 bits per heavy atom. The van der Waals surface area contributed by atoms with E-state index in [4.69, 9.17) is 4.74 Å². The van der Waals surface area contributed by atoms with Crippen LogP contribution in [0.5, 0.6) is 0 Å². The molecule has 0 amide bonds. The molecule has 0 aliphatic heterocycles. The van der Waals surface area contributed by atoms with E-state index in [9.17, 15) is 8.42 Å². The molecule has 0 saturated carbocycles. The monoisotopic (exact) mass is 290 g/mol.